The summed E-state index contributed by atoms with van der Waals surface area (Å²) in [5.74, 6) is 0.237. The predicted molar refractivity (Wildman–Crippen MR) is 113 cm³/mol. The van der Waals surface area contributed by atoms with Crippen LogP contribution < -0.4 is 10.2 Å². The highest BCUT2D eigenvalue weighted by atomic mass is 16.6. The van der Waals surface area contributed by atoms with Gasteiger partial charge in [0.15, 0.2) is 0 Å². The molecule has 0 unspecified atom stereocenters. The monoisotopic (exact) mass is 410 g/mol. The number of nitrogens with zero attached hydrogens (tertiary/aromatic N) is 6. The van der Waals surface area contributed by atoms with E-state index in [1.165, 1.54) is 0 Å². The zero-order valence-corrected chi connectivity index (χ0v) is 17.6. The third-order valence-electron chi connectivity index (χ3n) is 4.56. The van der Waals surface area contributed by atoms with Crippen molar-refractivity contribution in [3.63, 3.8) is 0 Å². The van der Waals surface area contributed by atoms with Crippen molar-refractivity contribution in [3.05, 3.63) is 35.8 Å². The Balaban J connectivity index is 1.61. The van der Waals surface area contributed by atoms with Crippen LogP contribution in [0.2, 0.25) is 0 Å². The van der Waals surface area contributed by atoms with Gasteiger partial charge >= 0.3 is 6.09 Å². The number of H-pyrrole nitrogens is 1. The second-order valence-electron chi connectivity index (χ2n) is 8.01. The number of rotatable bonds is 4. The highest BCUT2D eigenvalue weighted by Crippen LogP contribution is 2.25. The molecule has 2 heterocycles. The van der Waals surface area contributed by atoms with Gasteiger partial charge in [-0.1, -0.05) is 0 Å². The topological polar surface area (TPSA) is 123 Å². The molecule has 158 valence electrons. The largest absolute Gasteiger partial charge is 0.444 e. The molecule has 1 aliphatic rings. The van der Waals surface area contributed by atoms with Crippen LogP contribution in [-0.2, 0) is 4.74 Å². The summed E-state index contributed by atoms with van der Waals surface area (Å²) in [5.41, 5.74) is 2.85. The van der Waals surface area contributed by atoms with Gasteiger partial charge in [-0.15, -0.1) is 10.2 Å². The number of aromatic amines is 1. The molecule has 2 N–H and O–H groups in total. The number of anilines is 2. The average Bonchev–Trinajstić information content (AvgIpc) is 3.22. The zero-order valence-electron chi connectivity index (χ0n) is 17.6. The number of piperazine rings is 1. The Kier molecular flexibility index (Phi) is 6.20. The van der Waals surface area contributed by atoms with Gasteiger partial charge in [0.25, 0.3) is 0 Å². The Morgan fingerprint density at radius 3 is 2.60 bits per heavy atom. The van der Waals surface area contributed by atoms with Gasteiger partial charge in [0.2, 0.25) is 5.82 Å². The van der Waals surface area contributed by atoms with Gasteiger partial charge in [-0.2, -0.15) is 10.5 Å². The number of tetrazole rings is 1. The molecule has 10 heteroatoms. The first-order valence-electron chi connectivity index (χ1n) is 9.71. The highest BCUT2D eigenvalue weighted by Gasteiger charge is 2.26. The second-order valence-corrected chi connectivity index (χ2v) is 8.01. The Morgan fingerprint density at radius 2 is 2.03 bits per heavy atom. The number of benzene rings is 1. The smallest absolute Gasteiger partial charge is 0.410 e. The normalized spacial score (nSPS) is 15.0. The number of nitriles is 1. The minimum absolute atomic E-state index is 0.237. The molecule has 1 saturated heterocycles. The number of amides is 1. The van der Waals surface area contributed by atoms with Crippen LogP contribution >= 0.6 is 0 Å². The second kappa shape index (κ2) is 8.82. The third kappa shape index (κ3) is 5.26. The van der Waals surface area contributed by atoms with Crippen molar-refractivity contribution in [1.82, 2.24) is 25.5 Å². The molecule has 1 aliphatic heterocycles. The summed E-state index contributed by atoms with van der Waals surface area (Å²) in [7, 11) is 0. The molecular weight excluding hydrogens is 384 g/mol. The van der Waals surface area contributed by atoms with E-state index < -0.39 is 5.60 Å². The molecule has 0 radical (unpaired) electrons. The predicted octanol–water partition coefficient (Wildman–Crippen LogP) is 2.54. The van der Waals surface area contributed by atoms with Crippen molar-refractivity contribution in [1.29, 1.82) is 5.26 Å². The Labute approximate surface area is 175 Å². The van der Waals surface area contributed by atoms with E-state index in [9.17, 15) is 10.1 Å². The molecule has 0 aliphatic carbocycles. The van der Waals surface area contributed by atoms with E-state index in [0.29, 0.717) is 13.1 Å². The van der Waals surface area contributed by atoms with Crippen LogP contribution in [0.5, 0.6) is 0 Å². The summed E-state index contributed by atoms with van der Waals surface area (Å²) in [6.45, 7) is 10.4. The highest BCUT2D eigenvalue weighted by molar-refractivity contribution is 5.74. The van der Waals surface area contributed by atoms with Crippen LogP contribution in [0, 0.1) is 18.3 Å². The molecule has 0 saturated carbocycles. The molecule has 0 spiro atoms. The van der Waals surface area contributed by atoms with Gasteiger partial charge in [0.05, 0.1) is 0 Å². The fourth-order valence-corrected chi connectivity index (χ4v) is 3.13. The van der Waals surface area contributed by atoms with Gasteiger partial charge in [-0.25, -0.2) is 4.79 Å². The lowest BCUT2D eigenvalue weighted by molar-refractivity contribution is 0.0240. The van der Waals surface area contributed by atoms with Crippen molar-refractivity contribution in [2.75, 3.05) is 36.4 Å². The lowest BCUT2D eigenvalue weighted by Crippen LogP contribution is -2.50. The van der Waals surface area contributed by atoms with Crippen LogP contribution in [0.3, 0.4) is 0 Å². The molecule has 3 rings (SSSR count). The van der Waals surface area contributed by atoms with Crippen LogP contribution in [0.1, 0.15) is 32.2 Å². The summed E-state index contributed by atoms with van der Waals surface area (Å²) in [6, 6.07) is 8.04. The van der Waals surface area contributed by atoms with Crippen molar-refractivity contribution in [3.8, 4) is 6.07 Å². The Morgan fingerprint density at radius 1 is 1.30 bits per heavy atom. The molecule has 2 aromatic rings. The lowest BCUT2D eigenvalue weighted by atomic mass is 10.1. The number of carbonyl (C=O) groups excluding carboxylic acids is 1. The van der Waals surface area contributed by atoms with Crippen LogP contribution in [0.25, 0.3) is 5.57 Å². The van der Waals surface area contributed by atoms with Crippen molar-refractivity contribution in [2.24, 2.45) is 0 Å². The molecular formula is C20H26N8O2. The van der Waals surface area contributed by atoms with Crippen molar-refractivity contribution < 1.29 is 9.53 Å². The van der Waals surface area contributed by atoms with Gasteiger partial charge in [-0.3, -0.25) is 0 Å². The standard InChI is InChI=1S/C20H26N8O2/c1-14-11-16(22-13-15(12-21)18-23-25-26-24-18)5-6-17(14)27-7-9-28(10-8-27)19(29)30-20(2,3)4/h5-6,11,13,22H,7-10H2,1-4H3,(H,23,24,25,26). The fraction of sp³-hybridized carbons (Fsp3) is 0.450. The van der Waals surface area contributed by atoms with E-state index >= 15 is 0 Å². The van der Waals surface area contributed by atoms with Gasteiger partial charge in [0.1, 0.15) is 17.2 Å². The summed E-state index contributed by atoms with van der Waals surface area (Å²) in [6.07, 6.45) is 1.29. The number of hydrogen-bond acceptors (Lipinski definition) is 8. The number of ether oxygens (including phenoxy) is 1. The Hall–Kier alpha value is -3.61. The Bertz CT molecular complexity index is 948. The minimum Gasteiger partial charge on any atom is -0.444 e. The molecule has 1 aromatic carbocycles. The summed E-state index contributed by atoms with van der Waals surface area (Å²) >= 11 is 0. The van der Waals surface area contributed by atoms with E-state index in [-0.39, 0.29) is 17.5 Å². The van der Waals surface area contributed by atoms with Gasteiger partial charge in [-0.05, 0) is 56.7 Å². The summed E-state index contributed by atoms with van der Waals surface area (Å²) in [4.78, 5) is 16.2. The lowest BCUT2D eigenvalue weighted by Gasteiger charge is -2.37. The maximum Gasteiger partial charge on any atom is 0.410 e. The molecule has 1 amide bonds. The number of carbonyl (C=O) groups is 1. The number of aryl methyl sites for hydroxylation is 1. The number of aromatic nitrogens is 4. The molecule has 1 fully saturated rings. The number of allylic oxidation sites excluding steroid dienone is 1. The minimum atomic E-state index is -0.489. The van der Waals surface area contributed by atoms with Gasteiger partial charge < -0.3 is 19.9 Å². The molecule has 1 aromatic heterocycles. The zero-order chi connectivity index (χ0) is 21.7. The first-order chi connectivity index (χ1) is 14.3. The van der Waals surface area contributed by atoms with E-state index in [4.69, 9.17) is 4.74 Å². The average molecular weight is 410 g/mol. The van der Waals surface area contributed by atoms with Gasteiger partial charge in [0, 0.05) is 43.8 Å². The molecule has 0 atom stereocenters. The maximum absolute atomic E-state index is 12.2. The number of nitrogens with one attached hydrogen (secondary N) is 2. The maximum atomic E-state index is 12.2. The van der Waals surface area contributed by atoms with Crippen LogP contribution in [-0.4, -0.2) is 63.4 Å². The van der Waals surface area contributed by atoms with Crippen molar-refractivity contribution in [2.45, 2.75) is 33.3 Å². The first kappa shape index (κ1) is 21.1. The van der Waals surface area contributed by atoms with E-state index in [0.717, 1.165) is 30.0 Å². The first-order valence-corrected chi connectivity index (χ1v) is 9.71. The van der Waals surface area contributed by atoms with Crippen LogP contribution in [0.15, 0.2) is 24.4 Å². The number of hydrogen-bond donors (Lipinski definition) is 2. The third-order valence-corrected chi connectivity index (χ3v) is 4.56. The fourth-order valence-electron chi connectivity index (χ4n) is 3.13. The summed E-state index contributed by atoms with van der Waals surface area (Å²) in [5, 5.41) is 25.8. The molecule has 0 bridgehead atoms. The molecule has 30 heavy (non-hydrogen) atoms. The van der Waals surface area contributed by atoms with Crippen LogP contribution in [0.4, 0.5) is 16.2 Å². The molecule has 10 nitrogen and oxygen atoms in total. The van der Waals surface area contributed by atoms with E-state index in [1.54, 1.807) is 11.1 Å². The SMILES string of the molecule is Cc1cc(NC=C(C#N)c2nn[nH]n2)ccc1N1CCN(C(=O)OC(C)(C)C)CC1. The van der Waals surface area contributed by atoms with E-state index in [1.807, 2.05) is 52.0 Å². The summed E-state index contributed by atoms with van der Waals surface area (Å²) < 4.78 is 5.46. The quantitative estimate of drug-likeness (QED) is 0.737. The van der Waals surface area contributed by atoms with E-state index in [2.05, 4.69) is 30.8 Å². The van der Waals surface area contributed by atoms with Crippen molar-refractivity contribution >= 4 is 23.0 Å².